The smallest absolute Gasteiger partial charge is 0.260 e. The highest BCUT2D eigenvalue weighted by atomic mass is 16.2. The van der Waals surface area contributed by atoms with Gasteiger partial charge in [0, 0.05) is 24.2 Å². The van der Waals surface area contributed by atoms with E-state index in [1.165, 1.54) is 9.80 Å². The summed E-state index contributed by atoms with van der Waals surface area (Å²) in [6, 6.07) is 4.66. The van der Waals surface area contributed by atoms with Gasteiger partial charge >= 0.3 is 0 Å². The first-order chi connectivity index (χ1) is 19.8. The highest BCUT2D eigenvalue weighted by molar-refractivity contribution is 6.08. The van der Waals surface area contributed by atoms with Crippen LogP contribution in [-0.2, 0) is 9.59 Å². The number of benzene rings is 1. The third-order valence-electron chi connectivity index (χ3n) is 8.38. The SMILES string of the molecule is CCCCC(CC)CN(C(=O)c1ccc(C(=O)N(CC(CC)CCCC)C(=O)[C@@H](N)C(C)C)cc1)C(=O)[C@@H](N)C(C)C. The highest BCUT2D eigenvalue weighted by Crippen LogP contribution is 2.21. The molecule has 0 bridgehead atoms. The van der Waals surface area contributed by atoms with Crippen molar-refractivity contribution in [2.24, 2.45) is 35.1 Å². The normalized spacial score (nSPS) is 14.4. The molecular weight excluding hydrogens is 528 g/mol. The Bertz CT molecular complexity index is 913. The second-order valence-corrected chi connectivity index (χ2v) is 12.5. The fourth-order valence-corrected chi connectivity index (χ4v) is 4.89. The number of carbonyl (C=O) groups excluding carboxylic acids is 4. The Hall–Kier alpha value is -2.58. The number of amides is 4. The fraction of sp³-hybridized carbons (Fsp3) is 0.706. The Kier molecular flexibility index (Phi) is 16.8. The van der Waals surface area contributed by atoms with Crippen molar-refractivity contribution in [3.8, 4) is 0 Å². The Morgan fingerprint density at radius 3 is 1.17 bits per heavy atom. The van der Waals surface area contributed by atoms with Crippen LogP contribution < -0.4 is 11.5 Å². The summed E-state index contributed by atoms with van der Waals surface area (Å²) in [5.41, 5.74) is 13.0. The van der Waals surface area contributed by atoms with Gasteiger partial charge in [-0.2, -0.15) is 0 Å². The number of imide groups is 2. The molecule has 42 heavy (non-hydrogen) atoms. The monoisotopic (exact) mass is 586 g/mol. The van der Waals surface area contributed by atoms with Gasteiger partial charge in [-0.1, -0.05) is 93.9 Å². The molecule has 1 aromatic carbocycles. The molecule has 0 heterocycles. The minimum atomic E-state index is -0.789. The van der Waals surface area contributed by atoms with Crippen molar-refractivity contribution in [3.63, 3.8) is 0 Å². The van der Waals surface area contributed by atoms with Gasteiger partial charge in [0.05, 0.1) is 12.1 Å². The van der Waals surface area contributed by atoms with Crippen molar-refractivity contribution >= 4 is 23.6 Å². The number of hydrogen-bond acceptors (Lipinski definition) is 6. The summed E-state index contributed by atoms with van der Waals surface area (Å²) in [6.07, 6.45) is 7.67. The zero-order valence-corrected chi connectivity index (χ0v) is 27.5. The number of nitrogens with two attached hydrogens (primary N) is 2. The van der Waals surface area contributed by atoms with E-state index in [1.807, 2.05) is 27.7 Å². The van der Waals surface area contributed by atoms with Gasteiger partial charge in [-0.3, -0.25) is 29.0 Å². The molecule has 0 saturated carbocycles. The van der Waals surface area contributed by atoms with E-state index in [2.05, 4.69) is 27.7 Å². The lowest BCUT2D eigenvalue weighted by Crippen LogP contribution is -2.51. The fourth-order valence-electron chi connectivity index (χ4n) is 4.89. The molecule has 4 N–H and O–H groups in total. The molecule has 8 heteroatoms. The lowest BCUT2D eigenvalue weighted by Gasteiger charge is -2.30. The van der Waals surface area contributed by atoms with Crippen molar-refractivity contribution < 1.29 is 19.2 Å². The molecule has 2 unspecified atom stereocenters. The summed E-state index contributed by atoms with van der Waals surface area (Å²) in [7, 11) is 0. The maximum atomic E-state index is 13.7. The number of rotatable bonds is 18. The quantitative estimate of drug-likeness (QED) is 0.216. The van der Waals surface area contributed by atoms with Crippen LogP contribution in [0.2, 0.25) is 0 Å². The second-order valence-electron chi connectivity index (χ2n) is 12.5. The van der Waals surface area contributed by atoms with Crippen molar-refractivity contribution in [2.45, 2.75) is 119 Å². The van der Waals surface area contributed by atoms with Crippen LogP contribution in [0.3, 0.4) is 0 Å². The van der Waals surface area contributed by atoms with Crippen LogP contribution in [0.5, 0.6) is 0 Å². The first-order valence-electron chi connectivity index (χ1n) is 16.2. The van der Waals surface area contributed by atoms with E-state index in [1.54, 1.807) is 24.3 Å². The maximum absolute atomic E-state index is 13.7. The summed E-state index contributed by atoms with van der Waals surface area (Å²) in [5, 5.41) is 0. The zero-order valence-electron chi connectivity index (χ0n) is 27.5. The van der Waals surface area contributed by atoms with Crippen molar-refractivity contribution in [1.29, 1.82) is 0 Å². The van der Waals surface area contributed by atoms with Gasteiger partial charge in [0.25, 0.3) is 11.8 Å². The van der Waals surface area contributed by atoms with Gasteiger partial charge in [0.2, 0.25) is 11.8 Å². The molecule has 0 fully saturated rings. The van der Waals surface area contributed by atoms with Crippen molar-refractivity contribution in [1.82, 2.24) is 9.80 Å². The molecule has 0 aromatic heterocycles. The number of unbranched alkanes of at least 4 members (excludes halogenated alkanes) is 2. The molecule has 238 valence electrons. The van der Waals surface area contributed by atoms with Crippen LogP contribution in [0.1, 0.15) is 127 Å². The molecule has 0 radical (unpaired) electrons. The Morgan fingerprint density at radius 2 is 0.929 bits per heavy atom. The van der Waals surface area contributed by atoms with Crippen LogP contribution in [0, 0.1) is 23.7 Å². The summed E-state index contributed by atoms with van der Waals surface area (Å²) >= 11 is 0. The summed E-state index contributed by atoms with van der Waals surface area (Å²) in [4.78, 5) is 56.7. The number of nitrogens with zero attached hydrogens (tertiary/aromatic N) is 2. The average Bonchev–Trinajstić information content (AvgIpc) is 2.99. The molecule has 0 aliphatic rings. The molecule has 1 aromatic rings. The molecule has 8 nitrogen and oxygen atoms in total. The molecule has 0 spiro atoms. The Labute approximate surface area is 254 Å². The predicted molar refractivity (Wildman–Crippen MR) is 171 cm³/mol. The van der Waals surface area contributed by atoms with E-state index in [4.69, 9.17) is 11.5 Å². The van der Waals surface area contributed by atoms with Gasteiger partial charge in [0.1, 0.15) is 0 Å². The lowest BCUT2D eigenvalue weighted by atomic mass is 9.96. The molecule has 0 saturated heterocycles. The van der Waals surface area contributed by atoms with E-state index >= 15 is 0 Å². The standard InChI is InChI=1S/C34H58N4O4/c1-9-13-15-25(11-3)21-37(33(41)29(35)23(5)6)31(39)27-17-19-28(20-18-27)32(40)38(34(42)30(36)24(7)8)22-26(12-4)16-14-10-2/h17-20,23-26,29-30H,9-16,21-22,35-36H2,1-8H3/t25?,26?,29-,30-/m0/s1. The minimum absolute atomic E-state index is 0.117. The zero-order chi connectivity index (χ0) is 32.0. The van der Waals surface area contributed by atoms with Crippen LogP contribution in [0.15, 0.2) is 24.3 Å². The number of hydrogen-bond donors (Lipinski definition) is 2. The molecule has 4 atom stereocenters. The van der Waals surface area contributed by atoms with Gasteiger partial charge in [-0.15, -0.1) is 0 Å². The van der Waals surface area contributed by atoms with Crippen LogP contribution in [0.25, 0.3) is 0 Å². The third-order valence-corrected chi connectivity index (χ3v) is 8.38. The summed E-state index contributed by atoms with van der Waals surface area (Å²) < 4.78 is 0. The minimum Gasteiger partial charge on any atom is -0.320 e. The largest absolute Gasteiger partial charge is 0.320 e. The molecular formula is C34H58N4O4. The maximum Gasteiger partial charge on any atom is 0.260 e. The molecule has 1 rings (SSSR count). The van der Waals surface area contributed by atoms with E-state index in [0.29, 0.717) is 24.2 Å². The highest BCUT2D eigenvalue weighted by Gasteiger charge is 2.33. The van der Waals surface area contributed by atoms with Crippen LogP contribution in [-0.4, -0.2) is 58.6 Å². The molecule has 4 amide bonds. The van der Waals surface area contributed by atoms with Gasteiger partial charge in [-0.05, 0) is 60.8 Å². The second kappa shape index (κ2) is 18.9. The first-order valence-corrected chi connectivity index (χ1v) is 16.2. The predicted octanol–water partition coefficient (Wildman–Crippen LogP) is 6.02. The first kappa shape index (κ1) is 37.4. The van der Waals surface area contributed by atoms with Crippen LogP contribution >= 0.6 is 0 Å². The third kappa shape index (κ3) is 10.9. The van der Waals surface area contributed by atoms with Gasteiger partial charge in [-0.25, -0.2) is 0 Å². The average molecular weight is 587 g/mol. The van der Waals surface area contributed by atoms with Gasteiger partial charge in [0.15, 0.2) is 0 Å². The number of carbonyl (C=O) groups is 4. The van der Waals surface area contributed by atoms with Crippen molar-refractivity contribution in [3.05, 3.63) is 35.4 Å². The van der Waals surface area contributed by atoms with E-state index in [0.717, 1.165) is 51.4 Å². The topological polar surface area (TPSA) is 127 Å². The summed E-state index contributed by atoms with van der Waals surface area (Å²) in [6.45, 7) is 16.5. The Morgan fingerprint density at radius 1 is 0.619 bits per heavy atom. The molecule has 0 aliphatic heterocycles. The van der Waals surface area contributed by atoms with Crippen LogP contribution in [0.4, 0.5) is 0 Å². The van der Waals surface area contributed by atoms with E-state index in [9.17, 15) is 19.2 Å². The van der Waals surface area contributed by atoms with Crippen molar-refractivity contribution in [2.75, 3.05) is 13.1 Å². The van der Waals surface area contributed by atoms with E-state index in [-0.39, 0.29) is 35.5 Å². The summed E-state index contributed by atoms with van der Waals surface area (Å²) in [5.74, 6) is -1.49. The Balaban J connectivity index is 3.35. The van der Waals surface area contributed by atoms with E-state index < -0.39 is 23.9 Å². The lowest BCUT2D eigenvalue weighted by molar-refractivity contribution is -0.132. The molecule has 0 aliphatic carbocycles. The van der Waals surface area contributed by atoms with Gasteiger partial charge < -0.3 is 11.5 Å².